The summed E-state index contributed by atoms with van der Waals surface area (Å²) < 4.78 is 0. The third-order valence-electron chi connectivity index (χ3n) is 5.69. The quantitative estimate of drug-likeness (QED) is 0.704. The van der Waals surface area contributed by atoms with Crippen LogP contribution in [0.4, 0.5) is 10.5 Å². The Kier molecular flexibility index (Phi) is 7.71. The first kappa shape index (κ1) is 20.6. The van der Waals surface area contributed by atoms with E-state index in [-0.39, 0.29) is 11.9 Å². The molecule has 0 radical (unpaired) electrons. The molecular formula is C22H34N4O2. The number of urea groups is 1. The Balaban J connectivity index is 1.35. The van der Waals surface area contributed by atoms with Crippen molar-refractivity contribution in [2.75, 3.05) is 44.6 Å². The molecule has 2 aliphatic rings. The fraction of sp³-hybridized carbons (Fsp3) is 0.636. The van der Waals surface area contributed by atoms with Gasteiger partial charge in [0.15, 0.2) is 0 Å². The van der Waals surface area contributed by atoms with Gasteiger partial charge in [0.05, 0.1) is 0 Å². The molecule has 2 fully saturated rings. The molecular weight excluding hydrogens is 352 g/mol. The van der Waals surface area contributed by atoms with Gasteiger partial charge in [-0.2, -0.15) is 0 Å². The van der Waals surface area contributed by atoms with Crippen molar-refractivity contribution in [3.63, 3.8) is 0 Å². The molecule has 2 heterocycles. The van der Waals surface area contributed by atoms with Gasteiger partial charge in [0.2, 0.25) is 0 Å². The zero-order valence-corrected chi connectivity index (χ0v) is 17.1. The van der Waals surface area contributed by atoms with Gasteiger partial charge in [0, 0.05) is 37.4 Å². The predicted octanol–water partition coefficient (Wildman–Crippen LogP) is 3.56. The predicted molar refractivity (Wildman–Crippen MR) is 113 cm³/mol. The van der Waals surface area contributed by atoms with Gasteiger partial charge >= 0.3 is 6.03 Å². The highest BCUT2D eigenvalue weighted by Crippen LogP contribution is 2.17. The molecule has 3 amide bonds. The molecule has 1 unspecified atom stereocenters. The molecule has 28 heavy (non-hydrogen) atoms. The number of benzene rings is 1. The van der Waals surface area contributed by atoms with E-state index in [0.29, 0.717) is 17.8 Å². The molecule has 0 bridgehead atoms. The van der Waals surface area contributed by atoms with Crippen molar-refractivity contribution in [1.82, 2.24) is 15.1 Å². The summed E-state index contributed by atoms with van der Waals surface area (Å²) in [6.07, 6.45) is 6.88. The van der Waals surface area contributed by atoms with Crippen molar-refractivity contribution in [1.29, 1.82) is 0 Å². The second kappa shape index (κ2) is 10.5. The van der Waals surface area contributed by atoms with Crippen LogP contribution in [0.3, 0.4) is 0 Å². The van der Waals surface area contributed by atoms with Crippen LogP contribution < -0.4 is 10.6 Å². The van der Waals surface area contributed by atoms with Crippen LogP contribution in [0.15, 0.2) is 24.3 Å². The number of anilines is 1. The fourth-order valence-corrected chi connectivity index (χ4v) is 4.16. The number of amides is 3. The van der Waals surface area contributed by atoms with Gasteiger partial charge in [0.1, 0.15) is 0 Å². The van der Waals surface area contributed by atoms with Crippen LogP contribution in [0.1, 0.15) is 55.8 Å². The molecule has 1 atom stereocenters. The number of unbranched alkanes of at least 4 members (excludes halogenated alkanes) is 1. The minimum absolute atomic E-state index is 0.0496. The van der Waals surface area contributed by atoms with E-state index >= 15 is 0 Å². The van der Waals surface area contributed by atoms with Crippen LogP contribution in [-0.4, -0.2) is 61.0 Å². The largest absolute Gasteiger partial charge is 0.339 e. The first-order valence-electron chi connectivity index (χ1n) is 10.8. The van der Waals surface area contributed by atoms with Crippen LogP contribution in [-0.2, 0) is 0 Å². The second-order valence-electron chi connectivity index (χ2n) is 8.22. The lowest BCUT2D eigenvalue weighted by atomic mass is 10.0. The molecule has 0 aliphatic carbocycles. The van der Waals surface area contributed by atoms with Gasteiger partial charge in [-0.3, -0.25) is 4.79 Å². The first-order valence-corrected chi connectivity index (χ1v) is 10.8. The highest BCUT2D eigenvalue weighted by Gasteiger charge is 2.19. The van der Waals surface area contributed by atoms with Crippen molar-refractivity contribution in [3.8, 4) is 0 Å². The molecule has 3 rings (SSSR count). The van der Waals surface area contributed by atoms with E-state index in [9.17, 15) is 9.59 Å². The molecule has 0 saturated carbocycles. The molecule has 0 spiro atoms. The topological polar surface area (TPSA) is 64.7 Å². The van der Waals surface area contributed by atoms with Crippen molar-refractivity contribution >= 4 is 17.6 Å². The number of nitrogens with one attached hydrogen (secondary N) is 2. The first-order chi connectivity index (χ1) is 13.6. The lowest BCUT2D eigenvalue weighted by Crippen LogP contribution is -2.35. The molecule has 6 nitrogen and oxygen atoms in total. The Morgan fingerprint density at radius 2 is 1.93 bits per heavy atom. The minimum Gasteiger partial charge on any atom is -0.339 e. The van der Waals surface area contributed by atoms with Gasteiger partial charge in [0.25, 0.3) is 5.91 Å². The Bertz CT molecular complexity index is 658. The minimum atomic E-state index is -0.211. The fourth-order valence-electron chi connectivity index (χ4n) is 4.16. The highest BCUT2D eigenvalue weighted by atomic mass is 16.2. The number of hydrogen-bond donors (Lipinski definition) is 2. The SMILES string of the molecule is CC1CCCN(CCCCNC(=O)Nc2cccc(C(=O)N3CCCC3)c2)C1. The van der Waals surface area contributed by atoms with Gasteiger partial charge in [-0.05, 0) is 75.7 Å². The molecule has 2 saturated heterocycles. The third kappa shape index (κ3) is 6.23. The molecule has 1 aromatic carbocycles. The highest BCUT2D eigenvalue weighted by molar-refractivity contribution is 5.97. The maximum atomic E-state index is 12.5. The van der Waals surface area contributed by atoms with Gasteiger partial charge in [-0.15, -0.1) is 0 Å². The van der Waals surface area contributed by atoms with Crippen molar-refractivity contribution in [3.05, 3.63) is 29.8 Å². The van der Waals surface area contributed by atoms with Crippen molar-refractivity contribution < 1.29 is 9.59 Å². The lowest BCUT2D eigenvalue weighted by Gasteiger charge is -2.30. The van der Waals surface area contributed by atoms with Gasteiger partial charge in [-0.1, -0.05) is 13.0 Å². The number of hydrogen-bond acceptors (Lipinski definition) is 3. The summed E-state index contributed by atoms with van der Waals surface area (Å²) in [5.74, 6) is 0.861. The van der Waals surface area contributed by atoms with Crippen LogP contribution in [0.25, 0.3) is 0 Å². The van der Waals surface area contributed by atoms with Crippen molar-refractivity contribution in [2.45, 2.75) is 45.4 Å². The van der Waals surface area contributed by atoms with Gasteiger partial charge in [-0.25, -0.2) is 4.79 Å². The molecule has 2 aliphatic heterocycles. The van der Waals surface area contributed by atoms with E-state index in [1.807, 2.05) is 23.1 Å². The summed E-state index contributed by atoms with van der Waals surface area (Å²) in [6, 6.07) is 7.00. The zero-order valence-electron chi connectivity index (χ0n) is 17.1. The van der Waals surface area contributed by atoms with E-state index in [4.69, 9.17) is 0 Å². The Morgan fingerprint density at radius 1 is 1.11 bits per heavy atom. The number of nitrogens with zero attached hydrogens (tertiary/aromatic N) is 2. The van der Waals surface area contributed by atoms with E-state index in [1.54, 1.807) is 6.07 Å². The Hall–Kier alpha value is -2.08. The summed E-state index contributed by atoms with van der Waals surface area (Å²) >= 11 is 0. The normalized spacial score (nSPS) is 20.2. The van der Waals surface area contributed by atoms with Crippen molar-refractivity contribution in [2.24, 2.45) is 5.92 Å². The number of piperidine rings is 1. The molecule has 2 N–H and O–H groups in total. The van der Waals surface area contributed by atoms with Crippen LogP contribution in [0, 0.1) is 5.92 Å². The average molecular weight is 387 g/mol. The standard InChI is InChI=1S/C22H34N4O2/c1-18-8-7-13-25(17-18)12-3-2-11-23-22(28)24-20-10-6-9-19(16-20)21(27)26-14-4-5-15-26/h6,9-10,16,18H,2-5,7-8,11-15,17H2,1H3,(H2,23,24,28). The maximum absolute atomic E-state index is 12.5. The summed E-state index contributed by atoms with van der Waals surface area (Å²) in [6.45, 7) is 8.19. The summed E-state index contributed by atoms with van der Waals surface area (Å²) in [5, 5.41) is 5.76. The number of rotatable bonds is 7. The Labute approximate surface area is 168 Å². The molecule has 0 aromatic heterocycles. The summed E-state index contributed by atoms with van der Waals surface area (Å²) in [5.41, 5.74) is 1.29. The lowest BCUT2D eigenvalue weighted by molar-refractivity contribution is 0.0793. The van der Waals surface area contributed by atoms with Crippen LogP contribution in [0.2, 0.25) is 0 Å². The Morgan fingerprint density at radius 3 is 2.71 bits per heavy atom. The number of likely N-dealkylation sites (tertiary alicyclic amines) is 2. The van der Waals surface area contributed by atoms with E-state index in [1.165, 1.54) is 25.9 Å². The summed E-state index contributed by atoms with van der Waals surface area (Å²) in [4.78, 5) is 29.0. The summed E-state index contributed by atoms with van der Waals surface area (Å²) in [7, 11) is 0. The zero-order chi connectivity index (χ0) is 19.8. The smallest absolute Gasteiger partial charge is 0.319 e. The second-order valence-corrected chi connectivity index (χ2v) is 8.22. The van der Waals surface area contributed by atoms with Gasteiger partial charge < -0.3 is 20.4 Å². The van der Waals surface area contributed by atoms with Crippen LogP contribution in [0.5, 0.6) is 0 Å². The number of carbonyl (C=O) groups is 2. The average Bonchev–Trinajstić information content (AvgIpc) is 3.22. The van der Waals surface area contributed by atoms with E-state index < -0.39 is 0 Å². The van der Waals surface area contributed by atoms with Crippen LogP contribution >= 0.6 is 0 Å². The molecule has 6 heteroatoms. The molecule has 154 valence electrons. The third-order valence-corrected chi connectivity index (χ3v) is 5.69. The maximum Gasteiger partial charge on any atom is 0.319 e. The molecule has 1 aromatic rings. The van der Waals surface area contributed by atoms with E-state index in [2.05, 4.69) is 22.5 Å². The van der Waals surface area contributed by atoms with E-state index in [0.717, 1.165) is 51.2 Å². The number of carbonyl (C=O) groups excluding carboxylic acids is 2. The monoisotopic (exact) mass is 386 g/mol.